The Morgan fingerprint density at radius 3 is 2.50 bits per heavy atom. The van der Waals surface area contributed by atoms with E-state index in [9.17, 15) is 14.9 Å². The van der Waals surface area contributed by atoms with Crippen molar-refractivity contribution in [1.29, 1.82) is 0 Å². The van der Waals surface area contributed by atoms with Crippen LogP contribution in [0, 0.1) is 10.1 Å². The van der Waals surface area contributed by atoms with Gasteiger partial charge in [0.15, 0.2) is 0 Å². The Hall–Kier alpha value is -2.93. The molecule has 2 aromatic rings. The van der Waals surface area contributed by atoms with Gasteiger partial charge in [-0.05, 0) is 43.5 Å². The first kappa shape index (κ1) is 19.8. The van der Waals surface area contributed by atoms with E-state index in [1.807, 2.05) is 31.2 Å². The van der Waals surface area contributed by atoms with Crippen LogP contribution in [0.4, 0.5) is 5.69 Å². The van der Waals surface area contributed by atoms with E-state index in [-0.39, 0.29) is 16.7 Å². The molecule has 0 unspecified atom stereocenters. The third-order valence-electron chi connectivity index (χ3n) is 5.16. The van der Waals surface area contributed by atoms with Crippen molar-refractivity contribution >= 4 is 11.6 Å². The predicted octanol–water partition coefficient (Wildman–Crippen LogP) is 3.47. The highest BCUT2D eigenvalue weighted by Crippen LogP contribution is 2.35. The van der Waals surface area contributed by atoms with Crippen molar-refractivity contribution in [3.8, 4) is 5.75 Å². The predicted molar refractivity (Wildman–Crippen MR) is 105 cm³/mol. The standard InChI is InChI=1S/C21H24N2O5/c1-2-28-17-9-7-16(8-10-17)21(11-13-27-14-12-21)15-22-20(24)18-5-3-4-6-19(18)23(25)26/h3-10H,2,11-15H2,1H3,(H,22,24). The van der Waals surface area contributed by atoms with Crippen LogP contribution in [0.15, 0.2) is 48.5 Å². The van der Waals surface area contributed by atoms with Crippen molar-refractivity contribution in [1.82, 2.24) is 5.32 Å². The lowest BCUT2D eigenvalue weighted by molar-refractivity contribution is -0.385. The van der Waals surface area contributed by atoms with Gasteiger partial charge in [-0.3, -0.25) is 14.9 Å². The highest BCUT2D eigenvalue weighted by atomic mass is 16.6. The molecule has 0 aliphatic carbocycles. The van der Waals surface area contributed by atoms with Gasteiger partial charge in [0, 0.05) is 31.2 Å². The maximum Gasteiger partial charge on any atom is 0.282 e. The molecule has 1 fully saturated rings. The summed E-state index contributed by atoms with van der Waals surface area (Å²) in [5.74, 6) is 0.363. The first-order valence-electron chi connectivity index (χ1n) is 9.38. The number of nitro groups is 1. The monoisotopic (exact) mass is 384 g/mol. The maximum atomic E-state index is 12.7. The van der Waals surface area contributed by atoms with Gasteiger partial charge in [-0.15, -0.1) is 0 Å². The number of para-hydroxylation sites is 1. The first-order chi connectivity index (χ1) is 13.6. The molecule has 1 saturated heterocycles. The number of rotatable bonds is 7. The Morgan fingerprint density at radius 1 is 1.18 bits per heavy atom. The second-order valence-corrected chi connectivity index (χ2v) is 6.81. The van der Waals surface area contributed by atoms with Gasteiger partial charge >= 0.3 is 0 Å². The molecule has 28 heavy (non-hydrogen) atoms. The molecule has 148 valence electrons. The number of hydrogen-bond acceptors (Lipinski definition) is 5. The fraction of sp³-hybridized carbons (Fsp3) is 0.381. The van der Waals surface area contributed by atoms with Crippen LogP contribution >= 0.6 is 0 Å². The minimum absolute atomic E-state index is 0.0707. The van der Waals surface area contributed by atoms with Crippen molar-refractivity contribution < 1.29 is 19.2 Å². The van der Waals surface area contributed by atoms with Crippen molar-refractivity contribution in [2.75, 3.05) is 26.4 Å². The Kier molecular flexibility index (Phi) is 6.26. The number of carbonyl (C=O) groups excluding carboxylic acids is 1. The Morgan fingerprint density at radius 2 is 1.86 bits per heavy atom. The summed E-state index contributed by atoms with van der Waals surface area (Å²) in [6.07, 6.45) is 1.52. The fourth-order valence-electron chi connectivity index (χ4n) is 3.57. The molecular weight excluding hydrogens is 360 g/mol. The van der Waals surface area contributed by atoms with E-state index in [0.717, 1.165) is 24.2 Å². The van der Waals surface area contributed by atoms with E-state index < -0.39 is 10.8 Å². The number of hydrogen-bond donors (Lipinski definition) is 1. The van der Waals surface area contributed by atoms with Crippen LogP contribution < -0.4 is 10.1 Å². The van der Waals surface area contributed by atoms with E-state index in [1.165, 1.54) is 12.1 Å². The third kappa shape index (κ3) is 4.31. The molecule has 0 atom stereocenters. The molecule has 0 bridgehead atoms. The van der Waals surface area contributed by atoms with Gasteiger partial charge < -0.3 is 14.8 Å². The number of carbonyl (C=O) groups is 1. The van der Waals surface area contributed by atoms with E-state index in [0.29, 0.717) is 26.4 Å². The topological polar surface area (TPSA) is 90.7 Å². The zero-order chi connectivity index (χ0) is 20.0. The molecule has 1 aliphatic rings. The highest BCUT2D eigenvalue weighted by Gasteiger charge is 2.35. The normalized spacial score (nSPS) is 15.6. The van der Waals surface area contributed by atoms with E-state index in [1.54, 1.807) is 12.1 Å². The Labute approximate surface area is 163 Å². The van der Waals surface area contributed by atoms with Gasteiger partial charge in [0.25, 0.3) is 11.6 Å². The van der Waals surface area contributed by atoms with Crippen LogP contribution in [-0.2, 0) is 10.2 Å². The lowest BCUT2D eigenvalue weighted by Crippen LogP contribution is -2.44. The van der Waals surface area contributed by atoms with Gasteiger partial charge in [-0.1, -0.05) is 24.3 Å². The average molecular weight is 384 g/mol. The van der Waals surface area contributed by atoms with Crippen molar-refractivity contribution in [2.24, 2.45) is 0 Å². The molecule has 0 radical (unpaired) electrons. The quantitative estimate of drug-likeness (QED) is 0.583. The minimum Gasteiger partial charge on any atom is -0.494 e. The molecule has 3 rings (SSSR count). The maximum absolute atomic E-state index is 12.7. The summed E-state index contributed by atoms with van der Waals surface area (Å²) in [5, 5.41) is 14.1. The number of ether oxygens (including phenoxy) is 2. The molecule has 0 saturated carbocycles. The van der Waals surface area contributed by atoms with E-state index in [2.05, 4.69) is 5.32 Å². The van der Waals surface area contributed by atoms with Crippen LogP contribution in [0.5, 0.6) is 5.75 Å². The van der Waals surface area contributed by atoms with Crippen LogP contribution in [-0.4, -0.2) is 37.2 Å². The van der Waals surface area contributed by atoms with Crippen LogP contribution in [0.2, 0.25) is 0 Å². The number of nitrogens with zero attached hydrogens (tertiary/aromatic N) is 1. The summed E-state index contributed by atoms with van der Waals surface area (Å²) in [6.45, 7) is 4.13. The third-order valence-corrected chi connectivity index (χ3v) is 5.16. The summed E-state index contributed by atoms with van der Waals surface area (Å²) < 4.78 is 11.0. The molecule has 0 spiro atoms. The van der Waals surface area contributed by atoms with Gasteiger partial charge in [-0.25, -0.2) is 0 Å². The largest absolute Gasteiger partial charge is 0.494 e. The summed E-state index contributed by atoms with van der Waals surface area (Å²) in [4.78, 5) is 23.3. The zero-order valence-electron chi connectivity index (χ0n) is 15.8. The summed E-state index contributed by atoms with van der Waals surface area (Å²) in [5.41, 5.74) is 0.702. The van der Waals surface area contributed by atoms with E-state index in [4.69, 9.17) is 9.47 Å². The number of amides is 1. The second-order valence-electron chi connectivity index (χ2n) is 6.81. The lowest BCUT2D eigenvalue weighted by Gasteiger charge is -2.38. The molecule has 0 aromatic heterocycles. The Balaban J connectivity index is 1.80. The van der Waals surface area contributed by atoms with Gasteiger partial charge in [-0.2, -0.15) is 0 Å². The molecule has 7 heteroatoms. The average Bonchev–Trinajstić information content (AvgIpc) is 2.73. The SMILES string of the molecule is CCOc1ccc(C2(CNC(=O)c3ccccc3[N+](=O)[O-])CCOCC2)cc1. The van der Waals surface area contributed by atoms with Crippen LogP contribution in [0.25, 0.3) is 0 Å². The molecule has 1 aliphatic heterocycles. The minimum atomic E-state index is -0.536. The Bertz CT molecular complexity index is 829. The van der Waals surface area contributed by atoms with Crippen LogP contribution in [0.1, 0.15) is 35.7 Å². The smallest absolute Gasteiger partial charge is 0.282 e. The summed E-state index contributed by atoms with van der Waals surface area (Å²) in [7, 11) is 0. The molecule has 1 heterocycles. The summed E-state index contributed by atoms with van der Waals surface area (Å²) in [6, 6.07) is 13.9. The van der Waals surface area contributed by atoms with Gasteiger partial charge in [0.05, 0.1) is 11.5 Å². The van der Waals surface area contributed by atoms with E-state index >= 15 is 0 Å². The molecule has 2 aromatic carbocycles. The first-order valence-corrected chi connectivity index (χ1v) is 9.38. The molecular formula is C21H24N2O5. The number of nitro benzene ring substituents is 1. The summed E-state index contributed by atoms with van der Waals surface area (Å²) >= 11 is 0. The van der Waals surface area contributed by atoms with Gasteiger partial charge in [0.2, 0.25) is 0 Å². The van der Waals surface area contributed by atoms with Crippen LogP contribution in [0.3, 0.4) is 0 Å². The fourth-order valence-corrected chi connectivity index (χ4v) is 3.57. The van der Waals surface area contributed by atoms with Crippen molar-refractivity contribution in [3.63, 3.8) is 0 Å². The number of nitrogens with one attached hydrogen (secondary N) is 1. The number of benzene rings is 2. The molecule has 7 nitrogen and oxygen atoms in total. The lowest BCUT2D eigenvalue weighted by atomic mass is 9.74. The molecule has 1 amide bonds. The molecule has 1 N–H and O–H groups in total. The van der Waals surface area contributed by atoms with Gasteiger partial charge in [0.1, 0.15) is 11.3 Å². The van der Waals surface area contributed by atoms with Crippen molar-refractivity contribution in [3.05, 3.63) is 69.8 Å². The second kappa shape index (κ2) is 8.84. The zero-order valence-corrected chi connectivity index (χ0v) is 15.8. The van der Waals surface area contributed by atoms with Crippen molar-refractivity contribution in [2.45, 2.75) is 25.2 Å². The highest BCUT2D eigenvalue weighted by molar-refractivity contribution is 5.98.